The number of rotatable bonds is 5. The molecule has 0 aliphatic carbocycles. The Hall–Kier alpha value is -2.75. The Balaban J connectivity index is 1.47. The molecule has 0 saturated carbocycles. The molecule has 1 atom stereocenters. The van der Waals surface area contributed by atoms with Crippen LogP contribution in [-0.4, -0.2) is 54.7 Å². The molecule has 4 rings (SSSR count). The van der Waals surface area contributed by atoms with Crippen LogP contribution in [0, 0.1) is 0 Å². The van der Waals surface area contributed by atoms with E-state index < -0.39 is 40.6 Å². The lowest BCUT2D eigenvalue weighted by molar-refractivity contribution is -0.150. The van der Waals surface area contributed by atoms with Crippen LogP contribution < -0.4 is 0 Å². The lowest BCUT2D eigenvalue weighted by Gasteiger charge is -2.23. The number of esters is 1. The highest BCUT2D eigenvalue weighted by molar-refractivity contribution is 7.89. The standard InChI is InChI=1S/C20H17ClN2O6S/c21-13-7-9-14(10-8-13)30(27,28)23-11-3-6-17(23)20(26)29-12-22-18(24)15-4-1-2-5-16(15)19(22)25/h1-2,4-5,7-10,17H,3,6,11-12H2. The molecule has 2 aromatic carbocycles. The number of sulfonamides is 1. The van der Waals surface area contributed by atoms with Gasteiger partial charge >= 0.3 is 5.97 Å². The number of fused-ring (bicyclic) bond motifs is 1. The van der Waals surface area contributed by atoms with Crippen molar-refractivity contribution in [3.8, 4) is 0 Å². The highest BCUT2D eigenvalue weighted by atomic mass is 35.5. The number of ether oxygens (including phenoxy) is 1. The first kappa shape index (κ1) is 20.5. The van der Waals surface area contributed by atoms with Crippen LogP contribution in [-0.2, 0) is 19.6 Å². The molecule has 0 aromatic heterocycles. The second kappa shape index (κ2) is 7.82. The topological polar surface area (TPSA) is 101 Å². The first-order valence-corrected chi connectivity index (χ1v) is 11.0. The van der Waals surface area contributed by atoms with Crippen molar-refractivity contribution >= 4 is 39.4 Å². The number of hydrogen-bond donors (Lipinski definition) is 0. The summed E-state index contributed by atoms with van der Waals surface area (Å²) < 4.78 is 32.1. The van der Waals surface area contributed by atoms with Crippen molar-refractivity contribution in [3.05, 3.63) is 64.7 Å². The van der Waals surface area contributed by atoms with Crippen molar-refractivity contribution in [2.24, 2.45) is 0 Å². The monoisotopic (exact) mass is 448 g/mol. The van der Waals surface area contributed by atoms with Gasteiger partial charge in [0.1, 0.15) is 6.04 Å². The number of amides is 2. The Bertz CT molecular complexity index is 1100. The predicted octanol–water partition coefficient (Wildman–Crippen LogP) is 2.29. The summed E-state index contributed by atoms with van der Waals surface area (Å²) in [6, 6.07) is 11.0. The van der Waals surface area contributed by atoms with Crippen molar-refractivity contribution in [3.63, 3.8) is 0 Å². The maximum absolute atomic E-state index is 12.9. The maximum Gasteiger partial charge on any atom is 0.326 e. The van der Waals surface area contributed by atoms with Crippen LogP contribution in [0.1, 0.15) is 33.6 Å². The molecule has 2 heterocycles. The zero-order valence-electron chi connectivity index (χ0n) is 15.7. The van der Waals surface area contributed by atoms with Crippen LogP contribution in [0.2, 0.25) is 5.02 Å². The van der Waals surface area contributed by atoms with Crippen LogP contribution in [0.15, 0.2) is 53.4 Å². The summed E-state index contributed by atoms with van der Waals surface area (Å²) >= 11 is 5.82. The zero-order chi connectivity index (χ0) is 21.5. The van der Waals surface area contributed by atoms with Gasteiger partial charge in [0, 0.05) is 11.6 Å². The first-order valence-electron chi connectivity index (χ1n) is 9.20. The van der Waals surface area contributed by atoms with Crippen LogP contribution in [0.25, 0.3) is 0 Å². The van der Waals surface area contributed by atoms with Gasteiger partial charge < -0.3 is 4.74 Å². The molecule has 2 aliphatic heterocycles. The van der Waals surface area contributed by atoms with E-state index in [1.807, 2.05) is 0 Å². The Morgan fingerprint density at radius 1 is 1.03 bits per heavy atom. The van der Waals surface area contributed by atoms with Gasteiger partial charge in [0.2, 0.25) is 10.0 Å². The van der Waals surface area contributed by atoms with Crippen LogP contribution in [0.4, 0.5) is 0 Å². The van der Waals surface area contributed by atoms with Crippen molar-refractivity contribution in [2.75, 3.05) is 13.3 Å². The molecular weight excluding hydrogens is 432 g/mol. The number of hydrogen-bond acceptors (Lipinski definition) is 6. The summed E-state index contributed by atoms with van der Waals surface area (Å²) in [7, 11) is -3.93. The van der Waals surface area contributed by atoms with E-state index in [2.05, 4.69) is 0 Å². The summed E-state index contributed by atoms with van der Waals surface area (Å²) in [4.78, 5) is 38.2. The van der Waals surface area contributed by atoms with Gasteiger partial charge in [-0.2, -0.15) is 4.31 Å². The molecule has 2 amide bonds. The largest absolute Gasteiger partial charge is 0.442 e. The fourth-order valence-electron chi connectivity index (χ4n) is 3.59. The van der Waals surface area contributed by atoms with Crippen molar-refractivity contribution in [1.29, 1.82) is 0 Å². The fourth-order valence-corrected chi connectivity index (χ4v) is 5.36. The van der Waals surface area contributed by atoms with E-state index in [1.54, 1.807) is 12.1 Å². The third-order valence-electron chi connectivity index (χ3n) is 5.11. The van der Waals surface area contributed by atoms with Crippen molar-refractivity contribution in [2.45, 2.75) is 23.8 Å². The maximum atomic E-state index is 12.9. The molecule has 1 unspecified atom stereocenters. The number of benzene rings is 2. The van der Waals surface area contributed by atoms with E-state index >= 15 is 0 Å². The van der Waals surface area contributed by atoms with Gasteiger partial charge in [-0.1, -0.05) is 23.7 Å². The molecule has 2 aromatic rings. The van der Waals surface area contributed by atoms with Crippen LogP contribution in [0.5, 0.6) is 0 Å². The number of carbonyl (C=O) groups is 3. The lowest BCUT2D eigenvalue weighted by atomic mass is 10.1. The Morgan fingerprint density at radius 3 is 2.23 bits per heavy atom. The van der Waals surface area contributed by atoms with Gasteiger partial charge in [0.05, 0.1) is 16.0 Å². The molecule has 8 nitrogen and oxygen atoms in total. The van der Waals surface area contributed by atoms with Gasteiger partial charge in [-0.25, -0.2) is 13.3 Å². The van der Waals surface area contributed by atoms with Gasteiger partial charge in [0.25, 0.3) is 11.8 Å². The lowest BCUT2D eigenvalue weighted by Crippen LogP contribution is -2.43. The molecule has 0 spiro atoms. The molecule has 0 N–H and O–H groups in total. The molecule has 10 heteroatoms. The normalized spacial score (nSPS) is 19.2. The number of imide groups is 1. The van der Waals surface area contributed by atoms with E-state index in [9.17, 15) is 22.8 Å². The van der Waals surface area contributed by atoms with E-state index in [0.717, 1.165) is 9.21 Å². The Kier molecular flexibility index (Phi) is 5.35. The van der Waals surface area contributed by atoms with E-state index in [1.165, 1.54) is 36.4 Å². The first-order chi connectivity index (χ1) is 14.3. The van der Waals surface area contributed by atoms with E-state index in [-0.39, 0.29) is 29.0 Å². The Morgan fingerprint density at radius 2 is 1.63 bits per heavy atom. The van der Waals surface area contributed by atoms with Gasteiger partial charge in [-0.3, -0.25) is 14.4 Å². The Labute approximate surface area is 178 Å². The summed E-state index contributed by atoms with van der Waals surface area (Å²) in [6.45, 7) is -0.408. The number of carbonyl (C=O) groups excluding carboxylic acids is 3. The molecule has 156 valence electrons. The average Bonchev–Trinajstić information content (AvgIpc) is 3.32. The molecule has 30 heavy (non-hydrogen) atoms. The molecule has 1 fully saturated rings. The summed E-state index contributed by atoms with van der Waals surface area (Å²) in [5, 5.41) is 0.396. The third-order valence-corrected chi connectivity index (χ3v) is 7.28. The molecule has 1 saturated heterocycles. The smallest absolute Gasteiger partial charge is 0.326 e. The second-order valence-corrected chi connectivity index (χ2v) is 9.23. The van der Waals surface area contributed by atoms with Crippen LogP contribution in [0.3, 0.4) is 0 Å². The molecule has 2 aliphatic rings. The number of halogens is 1. The van der Waals surface area contributed by atoms with Gasteiger partial charge in [0.15, 0.2) is 6.73 Å². The number of nitrogens with zero attached hydrogens (tertiary/aromatic N) is 2. The van der Waals surface area contributed by atoms with Crippen molar-refractivity contribution in [1.82, 2.24) is 9.21 Å². The molecule has 0 bridgehead atoms. The fraction of sp³-hybridized carbons (Fsp3) is 0.250. The summed E-state index contributed by atoms with van der Waals surface area (Å²) in [5.74, 6) is -1.91. The average molecular weight is 449 g/mol. The third kappa shape index (κ3) is 3.49. The van der Waals surface area contributed by atoms with Crippen LogP contribution >= 0.6 is 11.6 Å². The zero-order valence-corrected chi connectivity index (χ0v) is 17.2. The minimum Gasteiger partial charge on any atom is -0.442 e. The molecule has 0 radical (unpaired) electrons. The van der Waals surface area contributed by atoms with E-state index in [0.29, 0.717) is 11.4 Å². The van der Waals surface area contributed by atoms with Crippen molar-refractivity contribution < 1.29 is 27.5 Å². The predicted molar refractivity (Wildman–Crippen MR) is 106 cm³/mol. The summed E-state index contributed by atoms with van der Waals surface area (Å²) in [6.07, 6.45) is 0.771. The minimum absolute atomic E-state index is 0.0203. The SMILES string of the molecule is O=C(OCN1C(=O)c2ccccc2C1=O)C1CCCN1S(=O)(=O)c1ccc(Cl)cc1. The summed E-state index contributed by atoms with van der Waals surface area (Å²) in [5.41, 5.74) is 0.484. The second-order valence-electron chi connectivity index (χ2n) is 6.90. The molecular formula is C20H17ClN2O6S. The van der Waals surface area contributed by atoms with Gasteiger partial charge in [-0.15, -0.1) is 0 Å². The van der Waals surface area contributed by atoms with Gasteiger partial charge in [-0.05, 0) is 49.2 Å². The highest BCUT2D eigenvalue weighted by Crippen LogP contribution is 2.28. The minimum atomic E-state index is -3.93. The quantitative estimate of drug-likeness (QED) is 0.513. The highest BCUT2D eigenvalue weighted by Gasteiger charge is 2.42. The van der Waals surface area contributed by atoms with E-state index in [4.69, 9.17) is 16.3 Å².